The molecule has 1 N–H and O–H groups in total. The van der Waals surface area contributed by atoms with Crippen molar-refractivity contribution in [3.8, 4) is 0 Å². The molecule has 2 aliphatic heterocycles. The first-order chi connectivity index (χ1) is 28.7. The van der Waals surface area contributed by atoms with Crippen LogP contribution < -0.4 is 10.2 Å². The van der Waals surface area contributed by atoms with E-state index in [9.17, 15) is 0 Å². The van der Waals surface area contributed by atoms with E-state index in [0.717, 1.165) is 71.9 Å². The van der Waals surface area contributed by atoms with Gasteiger partial charge in [0.2, 0.25) is 0 Å². The molecule has 4 atom stereocenters. The Morgan fingerprint density at radius 3 is 2.45 bits per heavy atom. The highest BCUT2D eigenvalue weighted by atomic mass is 16.3. The molecule has 3 heterocycles. The van der Waals surface area contributed by atoms with Crippen LogP contribution in [0, 0.1) is 5.92 Å². The fourth-order valence-electron chi connectivity index (χ4n) is 9.90. The summed E-state index contributed by atoms with van der Waals surface area (Å²) in [6, 6.07) is 35.6. The van der Waals surface area contributed by atoms with Gasteiger partial charge in [0.1, 0.15) is 23.3 Å². The molecule has 0 bridgehead atoms. The highest BCUT2D eigenvalue weighted by Gasteiger charge is 2.39. The molecule has 0 saturated heterocycles. The van der Waals surface area contributed by atoms with E-state index in [1.807, 2.05) is 0 Å². The number of rotatable bonds is 5. The summed E-state index contributed by atoms with van der Waals surface area (Å²) in [6.07, 6.45) is 30.0. The summed E-state index contributed by atoms with van der Waals surface area (Å²) < 4.78 is 6.82. The SMILES string of the molecule is C1=CCC(C2N=C(c3ccc4ccccc4c3)N=C(C3=Cc4oc5cc(N6c7cc8ccccc8cc7C7C=C(C8=CCCC=C8)C=CC76)ccc5c4CC3)N2)C=C1. The summed E-state index contributed by atoms with van der Waals surface area (Å²) in [5, 5.41) is 9.89. The van der Waals surface area contributed by atoms with Crippen molar-refractivity contribution in [3.63, 3.8) is 0 Å². The summed E-state index contributed by atoms with van der Waals surface area (Å²) in [7, 11) is 0. The molecule has 6 aliphatic rings. The van der Waals surface area contributed by atoms with Crippen LogP contribution in [-0.2, 0) is 6.42 Å². The van der Waals surface area contributed by atoms with Gasteiger partial charge in [-0.15, -0.1) is 0 Å². The topological polar surface area (TPSA) is 53.1 Å². The van der Waals surface area contributed by atoms with Gasteiger partial charge in [0.25, 0.3) is 0 Å². The second-order valence-corrected chi connectivity index (χ2v) is 16.3. The van der Waals surface area contributed by atoms with Gasteiger partial charge < -0.3 is 14.6 Å². The van der Waals surface area contributed by atoms with Gasteiger partial charge in [0.05, 0.1) is 6.04 Å². The largest absolute Gasteiger partial charge is 0.456 e. The van der Waals surface area contributed by atoms with Crippen molar-refractivity contribution in [1.82, 2.24) is 5.32 Å². The van der Waals surface area contributed by atoms with Crippen molar-refractivity contribution < 1.29 is 4.42 Å². The maximum atomic E-state index is 6.82. The monoisotopic (exact) mass is 750 g/mol. The van der Waals surface area contributed by atoms with Crippen LogP contribution in [0.3, 0.4) is 0 Å². The number of amidine groups is 2. The Labute approximate surface area is 338 Å². The number of fused-ring (bicyclic) bond motifs is 8. The van der Waals surface area contributed by atoms with E-state index in [4.69, 9.17) is 14.4 Å². The molecule has 280 valence electrons. The van der Waals surface area contributed by atoms with E-state index in [1.54, 1.807) is 0 Å². The Kier molecular flexibility index (Phi) is 7.75. The van der Waals surface area contributed by atoms with Crippen molar-refractivity contribution in [2.24, 2.45) is 15.9 Å². The highest BCUT2D eigenvalue weighted by molar-refractivity contribution is 6.15. The number of nitrogens with zero attached hydrogens (tertiary/aromatic N) is 3. The zero-order valence-corrected chi connectivity index (χ0v) is 32.2. The molecule has 12 rings (SSSR count). The number of aryl methyl sites for hydroxylation is 1. The quantitative estimate of drug-likeness (QED) is 0.191. The molecule has 5 aromatic carbocycles. The smallest absolute Gasteiger partial charge is 0.159 e. The Morgan fingerprint density at radius 2 is 1.60 bits per heavy atom. The second kappa shape index (κ2) is 13.5. The fraction of sp³-hybridized carbons (Fsp3) is 0.170. The molecule has 0 radical (unpaired) electrons. The summed E-state index contributed by atoms with van der Waals surface area (Å²) in [5.41, 5.74) is 10.8. The van der Waals surface area contributed by atoms with Crippen LogP contribution >= 0.6 is 0 Å². The minimum Gasteiger partial charge on any atom is -0.456 e. The highest BCUT2D eigenvalue weighted by Crippen LogP contribution is 2.51. The molecule has 6 aromatic rings. The van der Waals surface area contributed by atoms with Crippen molar-refractivity contribution in [2.45, 2.75) is 50.2 Å². The van der Waals surface area contributed by atoms with Gasteiger partial charge in [-0.25, -0.2) is 9.98 Å². The molecule has 4 aliphatic carbocycles. The number of anilines is 2. The summed E-state index contributed by atoms with van der Waals surface area (Å²) in [6.45, 7) is 0. The van der Waals surface area contributed by atoms with Crippen LogP contribution in [0.2, 0.25) is 0 Å². The lowest BCUT2D eigenvalue weighted by molar-refractivity contribution is 0.475. The van der Waals surface area contributed by atoms with Crippen molar-refractivity contribution >= 4 is 61.6 Å². The lowest BCUT2D eigenvalue weighted by Gasteiger charge is -2.30. The van der Waals surface area contributed by atoms with Gasteiger partial charge in [-0.2, -0.15) is 0 Å². The number of aliphatic imine (C=N–C) groups is 2. The van der Waals surface area contributed by atoms with Gasteiger partial charge in [-0.1, -0.05) is 121 Å². The first-order valence-electron chi connectivity index (χ1n) is 20.8. The number of nitrogens with one attached hydrogen (secondary N) is 1. The van der Waals surface area contributed by atoms with Crippen molar-refractivity contribution in [3.05, 3.63) is 197 Å². The predicted octanol–water partition coefficient (Wildman–Crippen LogP) is 12.4. The zero-order valence-electron chi connectivity index (χ0n) is 32.2. The first-order valence-corrected chi connectivity index (χ1v) is 20.8. The number of hydrogen-bond donors (Lipinski definition) is 1. The molecule has 1 aromatic heterocycles. The number of allylic oxidation sites excluding steroid dienone is 9. The van der Waals surface area contributed by atoms with Crippen molar-refractivity contribution in [1.29, 1.82) is 0 Å². The molecule has 0 fully saturated rings. The molecule has 0 saturated carbocycles. The molecule has 5 heteroatoms. The number of hydrogen-bond acceptors (Lipinski definition) is 5. The first kappa shape index (κ1) is 33.4. The Bertz CT molecular complexity index is 3000. The maximum Gasteiger partial charge on any atom is 0.159 e. The number of furan rings is 1. The van der Waals surface area contributed by atoms with Gasteiger partial charge in [0.15, 0.2) is 5.84 Å². The average molecular weight is 751 g/mol. The average Bonchev–Trinajstić information content (AvgIpc) is 3.82. The van der Waals surface area contributed by atoms with Crippen LogP contribution in [0.5, 0.6) is 0 Å². The Morgan fingerprint density at radius 1 is 0.741 bits per heavy atom. The second-order valence-electron chi connectivity index (χ2n) is 16.3. The molecule has 5 nitrogen and oxygen atoms in total. The van der Waals surface area contributed by atoms with Gasteiger partial charge in [-0.3, -0.25) is 0 Å². The van der Waals surface area contributed by atoms with E-state index in [2.05, 4.69) is 174 Å². The minimum absolute atomic E-state index is 0.115. The standard InChI is InChI=1S/C53H42N4O/c1-3-11-33(12-4-1)39-22-26-47-45(29-39)46-28-37-17-9-10-18-38(37)30-48(46)57(47)42-23-25-44-43-24-21-41(31-49(43)58-50(44)32-42)53-55-51(35-14-5-2-6-15-35)54-52(56-53)40-20-19-34-13-7-8-16-36(34)27-40/h2-3,5-14,16-20,22-23,25-32,35,45,47,51H,1,4,15,21,24H2,(H,54,55,56). The van der Waals surface area contributed by atoms with Crippen molar-refractivity contribution in [2.75, 3.05) is 4.90 Å². The molecular weight excluding hydrogens is 709 g/mol. The van der Waals surface area contributed by atoms with Crippen LogP contribution in [0.25, 0.3) is 38.6 Å². The predicted molar refractivity (Wildman–Crippen MR) is 240 cm³/mol. The summed E-state index contributed by atoms with van der Waals surface area (Å²) >= 11 is 0. The molecule has 0 amide bonds. The zero-order chi connectivity index (χ0) is 38.2. The van der Waals surface area contributed by atoms with Crippen LogP contribution in [0.15, 0.2) is 189 Å². The summed E-state index contributed by atoms with van der Waals surface area (Å²) in [4.78, 5) is 13.0. The van der Waals surface area contributed by atoms with Crippen LogP contribution in [0.4, 0.5) is 11.4 Å². The third-order valence-electron chi connectivity index (χ3n) is 12.9. The third-order valence-corrected chi connectivity index (χ3v) is 12.9. The van der Waals surface area contributed by atoms with E-state index in [0.29, 0.717) is 0 Å². The van der Waals surface area contributed by atoms with Gasteiger partial charge >= 0.3 is 0 Å². The lowest BCUT2D eigenvalue weighted by atomic mass is 9.84. The lowest BCUT2D eigenvalue weighted by Crippen LogP contribution is -2.43. The van der Waals surface area contributed by atoms with E-state index < -0.39 is 0 Å². The number of benzene rings is 5. The Balaban J connectivity index is 0.911. The maximum absolute atomic E-state index is 6.82. The van der Waals surface area contributed by atoms with E-state index in [1.165, 1.54) is 54.9 Å². The third kappa shape index (κ3) is 5.60. The molecule has 0 spiro atoms. The molecule has 4 unspecified atom stereocenters. The van der Waals surface area contributed by atoms with Crippen LogP contribution in [-0.4, -0.2) is 23.9 Å². The normalized spacial score (nSPS) is 23.2. The van der Waals surface area contributed by atoms with Gasteiger partial charge in [-0.05, 0) is 112 Å². The Hall–Kier alpha value is -6.72. The fourth-order valence-corrected chi connectivity index (χ4v) is 9.90. The van der Waals surface area contributed by atoms with E-state index in [-0.39, 0.29) is 24.0 Å². The molecular formula is C53H42N4O. The van der Waals surface area contributed by atoms with Crippen LogP contribution in [0.1, 0.15) is 54.1 Å². The van der Waals surface area contributed by atoms with E-state index >= 15 is 0 Å². The summed E-state index contributed by atoms with van der Waals surface area (Å²) in [5.74, 6) is 3.08. The minimum atomic E-state index is -0.115. The molecule has 58 heavy (non-hydrogen) atoms. The van der Waals surface area contributed by atoms with Gasteiger partial charge in [0, 0.05) is 45.8 Å².